The summed E-state index contributed by atoms with van der Waals surface area (Å²) in [5, 5.41) is 3.33. The fourth-order valence-electron chi connectivity index (χ4n) is 7.44. The molecule has 0 aliphatic carbocycles. The lowest BCUT2D eigenvalue weighted by atomic mass is 9.83. The van der Waals surface area contributed by atoms with Gasteiger partial charge in [0.2, 0.25) is 0 Å². The van der Waals surface area contributed by atoms with E-state index in [1.54, 1.807) is 34.3 Å². The van der Waals surface area contributed by atoms with Crippen molar-refractivity contribution in [2.24, 2.45) is 0 Å². The number of hydrogen-bond donors (Lipinski definition) is 0. The van der Waals surface area contributed by atoms with Gasteiger partial charge in [0.05, 0.1) is 37.9 Å². The van der Waals surface area contributed by atoms with Crippen LogP contribution >= 0.6 is 0 Å². The second-order valence-electron chi connectivity index (χ2n) is 12.9. The van der Waals surface area contributed by atoms with Gasteiger partial charge in [-0.3, -0.25) is 0 Å². The number of alkyl halides is 3. The van der Waals surface area contributed by atoms with E-state index in [2.05, 4.69) is 0 Å². The van der Waals surface area contributed by atoms with Crippen molar-refractivity contribution >= 4 is 38.7 Å². The zero-order valence-electron chi connectivity index (χ0n) is 28.7. The molecule has 0 N–H and O–H groups in total. The summed E-state index contributed by atoms with van der Waals surface area (Å²) in [6, 6.07) is 31.8. The van der Waals surface area contributed by atoms with E-state index in [1.807, 2.05) is 109 Å². The minimum atomic E-state index is -4.53. The van der Waals surface area contributed by atoms with E-state index in [4.69, 9.17) is 18.9 Å². The molecule has 8 heteroatoms. The number of methoxy groups -OCH3 is 3. The van der Waals surface area contributed by atoms with E-state index in [0.717, 1.165) is 54.8 Å². The summed E-state index contributed by atoms with van der Waals surface area (Å²) in [5.41, 5.74) is 4.09. The molecule has 8 rings (SSSR count). The summed E-state index contributed by atoms with van der Waals surface area (Å²) < 4.78 is 69.3. The van der Waals surface area contributed by atoms with Crippen molar-refractivity contribution in [3.8, 4) is 28.7 Å². The fraction of sp³-hybridized carbons (Fsp3) is 0.163. The molecular weight excluding hydrogens is 651 g/mol. The van der Waals surface area contributed by atoms with Crippen LogP contribution in [0.1, 0.15) is 33.4 Å². The molecule has 2 heterocycles. The number of fused-ring (bicyclic) bond motifs is 8. The van der Waals surface area contributed by atoms with Crippen LogP contribution in [0, 0.1) is 13.8 Å². The summed E-state index contributed by atoms with van der Waals surface area (Å²) in [6.45, 7) is 3.67. The quantitative estimate of drug-likeness (QED) is 0.175. The normalized spacial score (nSPS) is 15.6. The van der Waals surface area contributed by atoms with Crippen LogP contribution < -0.4 is 18.9 Å². The third-order valence-electron chi connectivity index (χ3n) is 9.78. The first-order valence-corrected chi connectivity index (χ1v) is 16.5. The zero-order chi connectivity index (χ0) is 35.7. The van der Waals surface area contributed by atoms with E-state index in [9.17, 15) is 13.2 Å². The molecule has 1 aliphatic heterocycles. The lowest BCUT2D eigenvalue weighted by molar-refractivity contribution is -0.137. The molecule has 0 fully saturated rings. The van der Waals surface area contributed by atoms with Gasteiger partial charge in [0, 0.05) is 38.5 Å². The van der Waals surface area contributed by atoms with Gasteiger partial charge < -0.3 is 23.5 Å². The van der Waals surface area contributed by atoms with Gasteiger partial charge in [0.1, 0.15) is 11.5 Å². The molecule has 1 atom stereocenters. The predicted molar refractivity (Wildman–Crippen MR) is 196 cm³/mol. The van der Waals surface area contributed by atoms with Gasteiger partial charge >= 0.3 is 6.18 Å². The Morgan fingerprint density at radius 3 is 2.02 bits per heavy atom. The Kier molecular flexibility index (Phi) is 7.52. The van der Waals surface area contributed by atoms with Gasteiger partial charge in [-0.1, -0.05) is 54.6 Å². The van der Waals surface area contributed by atoms with Crippen molar-refractivity contribution in [3.63, 3.8) is 0 Å². The van der Waals surface area contributed by atoms with E-state index >= 15 is 0 Å². The van der Waals surface area contributed by atoms with E-state index in [-0.39, 0.29) is 0 Å². The average Bonchev–Trinajstić information content (AvgIpc) is 3.48. The van der Waals surface area contributed by atoms with Crippen molar-refractivity contribution in [1.82, 2.24) is 4.57 Å². The van der Waals surface area contributed by atoms with Crippen LogP contribution in [0.2, 0.25) is 0 Å². The largest absolute Gasteiger partial charge is 0.497 e. The van der Waals surface area contributed by atoms with Crippen molar-refractivity contribution in [2.75, 3.05) is 21.3 Å². The summed E-state index contributed by atoms with van der Waals surface area (Å²) in [4.78, 5) is 0. The molecule has 0 saturated carbocycles. The molecule has 0 bridgehead atoms. The molecule has 256 valence electrons. The van der Waals surface area contributed by atoms with Crippen molar-refractivity contribution in [2.45, 2.75) is 25.6 Å². The monoisotopic (exact) mass is 685 g/mol. The van der Waals surface area contributed by atoms with Gasteiger partial charge in [-0.05, 0) is 91.0 Å². The van der Waals surface area contributed by atoms with Crippen LogP contribution in [-0.4, -0.2) is 25.9 Å². The van der Waals surface area contributed by atoms with Crippen molar-refractivity contribution in [3.05, 3.63) is 143 Å². The van der Waals surface area contributed by atoms with Gasteiger partial charge in [0.15, 0.2) is 17.1 Å². The second kappa shape index (κ2) is 11.9. The third-order valence-corrected chi connectivity index (χ3v) is 9.78. The summed E-state index contributed by atoms with van der Waals surface area (Å²) >= 11 is 0. The van der Waals surface area contributed by atoms with E-state index in [0.29, 0.717) is 34.2 Å². The van der Waals surface area contributed by atoms with Crippen LogP contribution in [0.25, 0.3) is 44.3 Å². The number of nitrogens with zero attached hydrogens (tertiary/aromatic N) is 1. The number of halogens is 3. The third kappa shape index (κ3) is 5.08. The molecule has 51 heavy (non-hydrogen) atoms. The highest BCUT2D eigenvalue weighted by atomic mass is 19.4. The van der Waals surface area contributed by atoms with Crippen LogP contribution in [-0.2, 0) is 11.8 Å². The molecule has 5 nitrogen and oxygen atoms in total. The summed E-state index contributed by atoms with van der Waals surface area (Å²) in [6.07, 6.45) is -0.456. The van der Waals surface area contributed by atoms with Crippen LogP contribution in [0.4, 0.5) is 13.2 Å². The number of aryl methyl sites for hydroxylation is 2. The molecular formula is C43H34F3NO4. The lowest BCUT2D eigenvalue weighted by Gasteiger charge is -2.37. The first-order chi connectivity index (χ1) is 24.6. The Morgan fingerprint density at radius 1 is 0.667 bits per heavy atom. The average molecular weight is 686 g/mol. The van der Waals surface area contributed by atoms with Gasteiger partial charge in [-0.2, -0.15) is 13.2 Å². The minimum Gasteiger partial charge on any atom is -0.497 e. The highest BCUT2D eigenvalue weighted by Crippen LogP contribution is 2.52. The number of aromatic nitrogens is 1. The van der Waals surface area contributed by atoms with Crippen molar-refractivity contribution in [1.29, 1.82) is 0 Å². The number of hydrogen-bond acceptors (Lipinski definition) is 4. The zero-order valence-corrected chi connectivity index (χ0v) is 28.7. The molecule has 1 aromatic heterocycles. The van der Waals surface area contributed by atoms with Gasteiger partial charge in [-0.25, -0.2) is 0 Å². The van der Waals surface area contributed by atoms with Crippen LogP contribution in [0.3, 0.4) is 0 Å². The Bertz CT molecular complexity index is 2520. The maximum absolute atomic E-state index is 14.3. The first kappa shape index (κ1) is 32.3. The predicted octanol–water partition coefficient (Wildman–Crippen LogP) is 10.9. The fourth-order valence-corrected chi connectivity index (χ4v) is 7.44. The topological polar surface area (TPSA) is 41.9 Å². The lowest BCUT2D eigenvalue weighted by Crippen LogP contribution is -2.34. The maximum Gasteiger partial charge on any atom is 0.416 e. The van der Waals surface area contributed by atoms with E-state index in [1.165, 1.54) is 12.1 Å². The molecule has 7 aromatic rings. The molecule has 0 spiro atoms. The van der Waals surface area contributed by atoms with Gasteiger partial charge in [0.25, 0.3) is 0 Å². The molecule has 1 unspecified atom stereocenters. The molecule has 0 saturated heterocycles. The number of rotatable bonds is 6. The van der Waals surface area contributed by atoms with Crippen LogP contribution in [0.5, 0.6) is 23.0 Å². The molecule has 1 aliphatic rings. The second-order valence-corrected chi connectivity index (χ2v) is 12.9. The SMILES string of the molecule is COc1ccc(C2(c3ccccc3)C=Cc3c(c4cc(OC)c(OC)cc4c4c5ccc(C)cc5n(-c5cc(C)cc(C(F)(F)F)c5)c34)O2)cc1. The smallest absolute Gasteiger partial charge is 0.416 e. The highest BCUT2D eigenvalue weighted by Gasteiger charge is 2.40. The Hall–Kier alpha value is -5.89. The Morgan fingerprint density at radius 2 is 1.35 bits per heavy atom. The van der Waals surface area contributed by atoms with E-state index < -0.39 is 17.3 Å². The molecule has 0 amide bonds. The number of benzene rings is 6. The maximum atomic E-state index is 14.3. The Labute approximate surface area is 293 Å². The van der Waals surface area contributed by atoms with Crippen LogP contribution in [0.15, 0.2) is 109 Å². The Balaban J connectivity index is 1.55. The van der Waals surface area contributed by atoms with Crippen molar-refractivity contribution < 1.29 is 32.1 Å². The molecule has 0 radical (unpaired) electrons. The first-order valence-electron chi connectivity index (χ1n) is 16.5. The highest BCUT2D eigenvalue weighted by molar-refractivity contribution is 6.25. The summed E-state index contributed by atoms with van der Waals surface area (Å²) in [5.74, 6) is 2.31. The standard InChI is InChI=1S/C43H34F3NO4/c1-25-11-16-32-36(21-25)47(30-20-26(2)19-29(22-30)43(44,45)46)40-33-17-18-42(27-9-7-6-8-10-27,28-12-14-31(48-3)15-13-28)51-41(33)35-24-38(50-5)37(49-4)23-34(35)39(32)40/h6-24H,1-5H3. The number of ether oxygens (including phenoxy) is 4. The summed E-state index contributed by atoms with van der Waals surface area (Å²) in [7, 11) is 4.80. The molecule has 6 aromatic carbocycles. The minimum absolute atomic E-state index is 0.401. The van der Waals surface area contributed by atoms with Gasteiger partial charge in [-0.15, -0.1) is 0 Å².